The standard InChI is InChI=1S/C12H18N3O3/c16-8-13-10-6-1-2-7-15(11(10)17)12(18)14-9-4-3-5-9/h9-10H,1-7H2,(H,13,16)(H,14,18)/t10-/m0/s1. The van der Waals surface area contributed by atoms with E-state index in [0.29, 0.717) is 13.0 Å². The fraction of sp³-hybridized carbons (Fsp3) is 0.750. The molecule has 1 aliphatic carbocycles. The van der Waals surface area contributed by atoms with Gasteiger partial charge in [-0.15, -0.1) is 0 Å². The monoisotopic (exact) mass is 252 g/mol. The topological polar surface area (TPSA) is 78.5 Å². The van der Waals surface area contributed by atoms with Crippen LogP contribution in [0.5, 0.6) is 0 Å². The third-order valence-corrected chi connectivity index (χ3v) is 3.60. The first-order chi connectivity index (χ1) is 8.72. The number of likely N-dealkylation sites (tertiary alicyclic amines) is 1. The SMILES string of the molecule is O=[C]N[C@H]1CCCCN(C(=O)NC2CCC2)C1=O. The lowest BCUT2D eigenvalue weighted by Gasteiger charge is -2.30. The summed E-state index contributed by atoms with van der Waals surface area (Å²) < 4.78 is 0. The summed E-state index contributed by atoms with van der Waals surface area (Å²) in [4.78, 5) is 35.6. The maximum absolute atomic E-state index is 12.1. The van der Waals surface area contributed by atoms with Crippen molar-refractivity contribution < 1.29 is 14.4 Å². The molecule has 0 aromatic heterocycles. The molecule has 2 aliphatic rings. The van der Waals surface area contributed by atoms with Crippen LogP contribution in [0.4, 0.5) is 4.79 Å². The number of rotatable bonds is 3. The van der Waals surface area contributed by atoms with Crippen molar-refractivity contribution in [2.24, 2.45) is 0 Å². The largest absolute Gasteiger partial charge is 0.336 e. The summed E-state index contributed by atoms with van der Waals surface area (Å²) in [5.74, 6) is -0.326. The summed E-state index contributed by atoms with van der Waals surface area (Å²) >= 11 is 0. The Bertz CT molecular complexity index is 341. The van der Waals surface area contributed by atoms with Crippen LogP contribution < -0.4 is 10.6 Å². The molecule has 6 nitrogen and oxygen atoms in total. The first-order valence-corrected chi connectivity index (χ1v) is 6.47. The van der Waals surface area contributed by atoms with Gasteiger partial charge in [0.15, 0.2) is 0 Å². The van der Waals surface area contributed by atoms with Crippen LogP contribution in [-0.4, -0.2) is 41.9 Å². The van der Waals surface area contributed by atoms with Crippen LogP contribution in [0.1, 0.15) is 38.5 Å². The van der Waals surface area contributed by atoms with Crippen LogP contribution in [0.3, 0.4) is 0 Å². The van der Waals surface area contributed by atoms with Crippen molar-refractivity contribution in [2.75, 3.05) is 6.54 Å². The van der Waals surface area contributed by atoms with Crippen molar-refractivity contribution in [3.8, 4) is 0 Å². The fourth-order valence-electron chi connectivity index (χ4n) is 2.25. The predicted octanol–water partition coefficient (Wildman–Crippen LogP) is 0.286. The molecule has 4 amide bonds. The number of hydrogen-bond acceptors (Lipinski definition) is 3. The van der Waals surface area contributed by atoms with Gasteiger partial charge in [-0.3, -0.25) is 14.5 Å². The second-order valence-electron chi connectivity index (χ2n) is 4.86. The minimum Gasteiger partial charge on any atom is -0.336 e. The van der Waals surface area contributed by atoms with Gasteiger partial charge in [0.05, 0.1) is 0 Å². The first-order valence-electron chi connectivity index (χ1n) is 6.47. The maximum atomic E-state index is 12.1. The van der Waals surface area contributed by atoms with Gasteiger partial charge in [0.1, 0.15) is 6.04 Å². The lowest BCUT2D eigenvalue weighted by molar-refractivity contribution is -0.129. The number of amides is 4. The van der Waals surface area contributed by atoms with E-state index in [-0.39, 0.29) is 18.0 Å². The Morgan fingerprint density at radius 3 is 2.61 bits per heavy atom. The molecule has 18 heavy (non-hydrogen) atoms. The number of urea groups is 1. The summed E-state index contributed by atoms with van der Waals surface area (Å²) in [7, 11) is 0. The summed E-state index contributed by atoms with van der Waals surface area (Å²) in [5, 5.41) is 5.21. The smallest absolute Gasteiger partial charge is 0.324 e. The molecule has 99 valence electrons. The zero-order chi connectivity index (χ0) is 13.0. The molecule has 0 aromatic rings. The van der Waals surface area contributed by atoms with Gasteiger partial charge in [-0.05, 0) is 38.5 Å². The Morgan fingerprint density at radius 1 is 1.22 bits per heavy atom. The zero-order valence-electron chi connectivity index (χ0n) is 10.3. The number of hydrogen-bond donors (Lipinski definition) is 2. The highest BCUT2D eigenvalue weighted by Crippen LogP contribution is 2.19. The van der Waals surface area contributed by atoms with Crippen molar-refractivity contribution in [2.45, 2.75) is 50.6 Å². The highest BCUT2D eigenvalue weighted by atomic mass is 16.2. The summed E-state index contributed by atoms with van der Waals surface area (Å²) in [6.07, 6.45) is 6.80. The Labute approximate surface area is 106 Å². The van der Waals surface area contributed by atoms with Crippen LogP contribution in [-0.2, 0) is 9.59 Å². The van der Waals surface area contributed by atoms with Crippen LogP contribution in [0.25, 0.3) is 0 Å². The van der Waals surface area contributed by atoms with E-state index in [2.05, 4.69) is 10.6 Å². The van der Waals surface area contributed by atoms with Gasteiger partial charge >= 0.3 is 12.4 Å². The van der Waals surface area contributed by atoms with Crippen LogP contribution >= 0.6 is 0 Å². The van der Waals surface area contributed by atoms with Crippen LogP contribution in [0.2, 0.25) is 0 Å². The molecule has 0 bridgehead atoms. The lowest BCUT2D eigenvalue weighted by atomic mass is 9.93. The van der Waals surface area contributed by atoms with E-state index in [1.807, 2.05) is 0 Å². The third kappa shape index (κ3) is 2.80. The van der Waals surface area contributed by atoms with Crippen LogP contribution in [0, 0.1) is 0 Å². The molecule has 1 saturated heterocycles. The van der Waals surface area contributed by atoms with Gasteiger partial charge in [0.25, 0.3) is 5.91 Å². The molecule has 2 rings (SSSR count). The highest BCUT2D eigenvalue weighted by Gasteiger charge is 2.32. The summed E-state index contributed by atoms with van der Waals surface area (Å²) in [6.45, 7) is 0.425. The summed E-state index contributed by atoms with van der Waals surface area (Å²) in [5.41, 5.74) is 0. The second-order valence-corrected chi connectivity index (χ2v) is 4.86. The molecule has 0 aromatic carbocycles. The minimum atomic E-state index is -0.614. The van der Waals surface area contributed by atoms with Gasteiger partial charge in [-0.25, -0.2) is 4.79 Å². The molecule has 1 aliphatic heterocycles. The van der Waals surface area contributed by atoms with Crippen molar-refractivity contribution in [3.63, 3.8) is 0 Å². The number of nitrogens with one attached hydrogen (secondary N) is 2. The van der Waals surface area contributed by atoms with E-state index < -0.39 is 6.04 Å². The first kappa shape index (κ1) is 12.9. The number of carbonyl (C=O) groups is 2. The molecule has 1 atom stereocenters. The van der Waals surface area contributed by atoms with Gasteiger partial charge in [0, 0.05) is 12.6 Å². The Kier molecular flexibility index (Phi) is 4.17. The maximum Gasteiger partial charge on any atom is 0.324 e. The van der Waals surface area contributed by atoms with Crippen molar-refractivity contribution in [1.29, 1.82) is 0 Å². The van der Waals surface area contributed by atoms with Crippen molar-refractivity contribution in [1.82, 2.24) is 15.5 Å². The minimum absolute atomic E-state index is 0.206. The molecule has 6 heteroatoms. The number of carbonyl (C=O) groups excluding carboxylic acids is 3. The molecule has 0 unspecified atom stereocenters. The van der Waals surface area contributed by atoms with E-state index in [1.165, 1.54) is 11.3 Å². The van der Waals surface area contributed by atoms with Crippen molar-refractivity contribution >= 4 is 18.3 Å². The average molecular weight is 252 g/mol. The fourth-order valence-corrected chi connectivity index (χ4v) is 2.25. The Morgan fingerprint density at radius 2 is 2.00 bits per heavy atom. The molecule has 1 heterocycles. The van der Waals surface area contributed by atoms with Gasteiger partial charge in [0.2, 0.25) is 0 Å². The molecular weight excluding hydrogens is 234 g/mol. The Balaban J connectivity index is 1.97. The van der Waals surface area contributed by atoms with E-state index in [1.54, 1.807) is 0 Å². The quantitative estimate of drug-likeness (QED) is 0.708. The Hall–Kier alpha value is -1.59. The van der Waals surface area contributed by atoms with Gasteiger partial charge in [-0.2, -0.15) is 0 Å². The van der Waals surface area contributed by atoms with E-state index in [9.17, 15) is 14.4 Å². The van der Waals surface area contributed by atoms with Crippen LogP contribution in [0.15, 0.2) is 0 Å². The molecular formula is C12H18N3O3. The van der Waals surface area contributed by atoms with Crippen molar-refractivity contribution in [3.05, 3.63) is 0 Å². The molecule has 2 fully saturated rings. The van der Waals surface area contributed by atoms with E-state index in [4.69, 9.17) is 0 Å². The molecule has 0 spiro atoms. The zero-order valence-corrected chi connectivity index (χ0v) is 10.3. The normalized spacial score (nSPS) is 25.0. The van der Waals surface area contributed by atoms with Gasteiger partial charge < -0.3 is 10.6 Å². The molecule has 1 saturated carbocycles. The van der Waals surface area contributed by atoms with Gasteiger partial charge in [-0.1, -0.05) is 0 Å². The number of imide groups is 1. The lowest BCUT2D eigenvalue weighted by Crippen LogP contribution is -2.53. The predicted molar refractivity (Wildman–Crippen MR) is 64.4 cm³/mol. The number of nitrogens with zero attached hydrogens (tertiary/aromatic N) is 1. The average Bonchev–Trinajstić information content (AvgIpc) is 2.48. The van der Waals surface area contributed by atoms with E-state index >= 15 is 0 Å². The third-order valence-electron chi connectivity index (χ3n) is 3.60. The van der Waals surface area contributed by atoms with E-state index in [0.717, 1.165) is 32.1 Å². The second kappa shape index (κ2) is 5.84. The summed E-state index contributed by atoms with van der Waals surface area (Å²) in [6, 6.07) is -0.737. The highest BCUT2D eigenvalue weighted by molar-refractivity contribution is 5.98. The molecule has 2 N–H and O–H groups in total. The molecule has 1 radical (unpaired) electrons.